The van der Waals surface area contributed by atoms with Gasteiger partial charge in [-0.3, -0.25) is 0 Å². The molecule has 6 heteroatoms. The average Bonchev–Trinajstić information content (AvgIpc) is 2.68. The summed E-state index contributed by atoms with van der Waals surface area (Å²) in [6, 6.07) is 17.6. The highest BCUT2D eigenvalue weighted by Crippen LogP contribution is 2.31. The molecule has 128 valence electrons. The third-order valence-corrected chi connectivity index (χ3v) is 3.65. The highest BCUT2D eigenvalue weighted by atomic mass is 16.5. The van der Waals surface area contributed by atoms with E-state index in [0.29, 0.717) is 18.1 Å². The first kappa shape index (κ1) is 16.6. The molecule has 0 spiro atoms. The summed E-state index contributed by atoms with van der Waals surface area (Å²) in [6.07, 6.45) is 1.52. The number of rotatable bonds is 7. The van der Waals surface area contributed by atoms with Crippen LogP contribution >= 0.6 is 0 Å². The first-order chi connectivity index (χ1) is 12.3. The van der Waals surface area contributed by atoms with Crippen molar-refractivity contribution in [3.8, 4) is 11.5 Å². The minimum absolute atomic E-state index is 0.675. The van der Waals surface area contributed by atoms with Crippen LogP contribution < -0.4 is 20.1 Å². The topological polar surface area (TPSA) is 68.3 Å². The monoisotopic (exact) mass is 336 g/mol. The quantitative estimate of drug-likeness (QED) is 0.683. The summed E-state index contributed by atoms with van der Waals surface area (Å²) in [5.41, 5.74) is 1.99. The summed E-state index contributed by atoms with van der Waals surface area (Å²) in [5, 5.41) is 6.53. The Bertz CT molecular complexity index is 825. The fourth-order valence-corrected chi connectivity index (χ4v) is 2.35. The zero-order valence-corrected chi connectivity index (χ0v) is 14.2. The van der Waals surface area contributed by atoms with Crippen LogP contribution in [0.25, 0.3) is 0 Å². The second-order valence-corrected chi connectivity index (χ2v) is 5.32. The molecule has 0 aliphatic rings. The van der Waals surface area contributed by atoms with Gasteiger partial charge in [-0.05, 0) is 17.7 Å². The zero-order chi connectivity index (χ0) is 17.5. The SMILES string of the molecule is COc1ccc(Nc2cc(NCc3ccccc3)ncn2)c(OC)c1. The largest absolute Gasteiger partial charge is 0.497 e. The van der Waals surface area contributed by atoms with Gasteiger partial charge in [-0.1, -0.05) is 30.3 Å². The summed E-state index contributed by atoms with van der Waals surface area (Å²) in [5.74, 6) is 2.83. The van der Waals surface area contributed by atoms with E-state index in [1.807, 2.05) is 42.5 Å². The number of anilines is 3. The lowest BCUT2D eigenvalue weighted by Gasteiger charge is -2.12. The van der Waals surface area contributed by atoms with E-state index in [9.17, 15) is 0 Å². The molecule has 0 fully saturated rings. The number of aromatic nitrogens is 2. The Kier molecular flexibility index (Phi) is 5.31. The van der Waals surface area contributed by atoms with Crippen molar-refractivity contribution in [3.63, 3.8) is 0 Å². The lowest BCUT2D eigenvalue weighted by atomic mass is 10.2. The van der Waals surface area contributed by atoms with E-state index < -0.39 is 0 Å². The van der Waals surface area contributed by atoms with Gasteiger partial charge in [-0.2, -0.15) is 0 Å². The molecule has 3 aromatic rings. The maximum Gasteiger partial charge on any atom is 0.146 e. The van der Waals surface area contributed by atoms with E-state index in [1.54, 1.807) is 14.2 Å². The van der Waals surface area contributed by atoms with Gasteiger partial charge in [-0.15, -0.1) is 0 Å². The predicted octanol–water partition coefficient (Wildman–Crippen LogP) is 3.85. The molecule has 0 aliphatic heterocycles. The minimum Gasteiger partial charge on any atom is -0.497 e. The van der Waals surface area contributed by atoms with E-state index >= 15 is 0 Å². The van der Waals surface area contributed by atoms with Crippen LogP contribution in [0.1, 0.15) is 5.56 Å². The van der Waals surface area contributed by atoms with Gasteiger partial charge in [0.05, 0.1) is 19.9 Å². The normalized spacial score (nSPS) is 10.2. The Hall–Kier alpha value is -3.28. The van der Waals surface area contributed by atoms with Gasteiger partial charge in [-0.25, -0.2) is 9.97 Å². The summed E-state index contributed by atoms with van der Waals surface area (Å²) in [6.45, 7) is 0.698. The molecule has 0 bridgehead atoms. The van der Waals surface area contributed by atoms with Crippen molar-refractivity contribution < 1.29 is 9.47 Å². The van der Waals surface area contributed by atoms with E-state index in [0.717, 1.165) is 17.3 Å². The second-order valence-electron chi connectivity index (χ2n) is 5.32. The van der Waals surface area contributed by atoms with Crippen molar-refractivity contribution in [2.24, 2.45) is 0 Å². The molecule has 0 unspecified atom stereocenters. The van der Waals surface area contributed by atoms with Crippen LogP contribution in [0.5, 0.6) is 11.5 Å². The van der Waals surface area contributed by atoms with Gasteiger partial charge in [0, 0.05) is 18.7 Å². The number of ether oxygens (including phenoxy) is 2. The maximum atomic E-state index is 5.39. The van der Waals surface area contributed by atoms with Crippen molar-refractivity contribution in [3.05, 3.63) is 66.5 Å². The number of hydrogen-bond donors (Lipinski definition) is 2. The lowest BCUT2D eigenvalue weighted by Crippen LogP contribution is -2.03. The maximum absolute atomic E-state index is 5.39. The molecule has 1 aromatic heterocycles. The highest BCUT2D eigenvalue weighted by Gasteiger charge is 2.07. The van der Waals surface area contributed by atoms with Crippen LogP contribution in [0.15, 0.2) is 60.9 Å². The van der Waals surface area contributed by atoms with Crippen LogP contribution in [0.4, 0.5) is 17.3 Å². The van der Waals surface area contributed by atoms with Gasteiger partial charge in [0.25, 0.3) is 0 Å². The van der Waals surface area contributed by atoms with Gasteiger partial charge in [0.15, 0.2) is 0 Å². The summed E-state index contributed by atoms with van der Waals surface area (Å²) in [7, 11) is 3.24. The van der Waals surface area contributed by atoms with E-state index in [2.05, 4.69) is 32.7 Å². The van der Waals surface area contributed by atoms with E-state index in [4.69, 9.17) is 9.47 Å². The molecule has 0 saturated heterocycles. The smallest absolute Gasteiger partial charge is 0.146 e. The van der Waals surface area contributed by atoms with Crippen LogP contribution in [0.3, 0.4) is 0 Å². The fourth-order valence-electron chi connectivity index (χ4n) is 2.35. The lowest BCUT2D eigenvalue weighted by molar-refractivity contribution is 0.395. The van der Waals surface area contributed by atoms with Crippen molar-refractivity contribution in [1.29, 1.82) is 0 Å². The molecule has 0 radical (unpaired) electrons. The summed E-state index contributed by atoms with van der Waals surface area (Å²) >= 11 is 0. The minimum atomic E-state index is 0.675. The summed E-state index contributed by atoms with van der Waals surface area (Å²) < 4.78 is 10.6. The first-order valence-corrected chi connectivity index (χ1v) is 7.87. The molecule has 25 heavy (non-hydrogen) atoms. The standard InChI is InChI=1S/C19H20N4O2/c1-24-15-8-9-16(17(10-15)25-2)23-19-11-18(21-13-22-19)20-12-14-6-4-3-5-7-14/h3-11,13H,12H2,1-2H3,(H2,20,21,22,23). The highest BCUT2D eigenvalue weighted by molar-refractivity contribution is 5.66. The molecule has 0 amide bonds. The van der Waals surface area contributed by atoms with Gasteiger partial charge in [0.1, 0.15) is 29.5 Å². The van der Waals surface area contributed by atoms with E-state index in [-0.39, 0.29) is 0 Å². The fraction of sp³-hybridized carbons (Fsp3) is 0.158. The number of methoxy groups -OCH3 is 2. The Morgan fingerprint density at radius 2 is 1.68 bits per heavy atom. The van der Waals surface area contributed by atoms with Crippen LogP contribution in [-0.2, 0) is 6.54 Å². The molecule has 0 saturated carbocycles. The Balaban J connectivity index is 1.71. The number of nitrogens with zero attached hydrogens (tertiary/aromatic N) is 2. The Labute approximate surface area is 146 Å². The summed E-state index contributed by atoms with van der Waals surface area (Å²) in [4.78, 5) is 8.51. The Morgan fingerprint density at radius 1 is 0.880 bits per heavy atom. The number of nitrogens with one attached hydrogen (secondary N) is 2. The van der Waals surface area contributed by atoms with Gasteiger partial charge in [0.2, 0.25) is 0 Å². The molecule has 0 atom stereocenters. The zero-order valence-electron chi connectivity index (χ0n) is 14.2. The van der Waals surface area contributed by atoms with Gasteiger partial charge >= 0.3 is 0 Å². The van der Waals surface area contributed by atoms with Crippen molar-refractivity contribution in [2.45, 2.75) is 6.54 Å². The number of hydrogen-bond acceptors (Lipinski definition) is 6. The van der Waals surface area contributed by atoms with Crippen LogP contribution in [-0.4, -0.2) is 24.2 Å². The first-order valence-electron chi connectivity index (χ1n) is 7.87. The van der Waals surface area contributed by atoms with Crippen molar-refractivity contribution in [2.75, 3.05) is 24.9 Å². The molecule has 2 aromatic carbocycles. The molecule has 3 rings (SSSR count). The molecule has 1 heterocycles. The van der Waals surface area contributed by atoms with Crippen LogP contribution in [0, 0.1) is 0 Å². The molecular weight excluding hydrogens is 316 g/mol. The van der Waals surface area contributed by atoms with Gasteiger partial charge < -0.3 is 20.1 Å². The van der Waals surface area contributed by atoms with Crippen LogP contribution in [0.2, 0.25) is 0 Å². The predicted molar refractivity (Wildman–Crippen MR) is 98.6 cm³/mol. The van der Waals surface area contributed by atoms with E-state index in [1.165, 1.54) is 11.9 Å². The van der Waals surface area contributed by atoms with Crippen molar-refractivity contribution in [1.82, 2.24) is 9.97 Å². The third kappa shape index (κ3) is 4.38. The number of benzene rings is 2. The second kappa shape index (κ2) is 8.01. The molecule has 6 nitrogen and oxygen atoms in total. The molecular formula is C19H20N4O2. The third-order valence-electron chi connectivity index (χ3n) is 3.65. The Morgan fingerprint density at radius 3 is 2.44 bits per heavy atom. The average molecular weight is 336 g/mol. The molecule has 0 aliphatic carbocycles. The molecule has 2 N–H and O–H groups in total. The van der Waals surface area contributed by atoms with Crippen molar-refractivity contribution >= 4 is 17.3 Å².